The van der Waals surface area contributed by atoms with Gasteiger partial charge < -0.3 is 18.9 Å². The average molecular weight is 1370 g/mol. The summed E-state index contributed by atoms with van der Waals surface area (Å²) >= 11 is 0. The number of phosphoric ester groups is 1. The minimum Gasteiger partial charge on any atom is -0.462 e. The fourth-order valence-corrected chi connectivity index (χ4v) is 13.1. The van der Waals surface area contributed by atoms with Crippen LogP contribution in [0.1, 0.15) is 412 Å². The van der Waals surface area contributed by atoms with Crippen molar-refractivity contribution in [3.63, 3.8) is 0 Å². The fraction of sp³-hybridized carbons (Fsp3) is 0.837. The Hall–Kier alpha value is -2.55. The topological polar surface area (TPSA) is 108 Å². The Kier molecular flexibility index (Phi) is 74.6. The van der Waals surface area contributed by atoms with Crippen LogP contribution in [-0.2, 0) is 32.7 Å². The summed E-state index contributed by atoms with van der Waals surface area (Å²) in [5, 5.41) is 0. The second-order valence-electron chi connectivity index (χ2n) is 29.5. The van der Waals surface area contributed by atoms with Crippen LogP contribution in [0.25, 0.3) is 0 Å². The summed E-state index contributed by atoms with van der Waals surface area (Å²) in [4.78, 5) is 36.0. The number of hydrogen-bond donors (Lipinski definition) is 1. The molecule has 0 fully saturated rings. The minimum atomic E-state index is -4.40. The maximum absolute atomic E-state index is 12.9. The maximum Gasteiger partial charge on any atom is 0.472 e. The van der Waals surface area contributed by atoms with Gasteiger partial charge in [0.05, 0.1) is 27.7 Å². The molecule has 0 saturated heterocycles. The first-order valence-electron chi connectivity index (χ1n) is 41.7. The predicted molar refractivity (Wildman–Crippen MR) is 418 cm³/mol. The van der Waals surface area contributed by atoms with E-state index in [1.54, 1.807) is 0 Å². The molecule has 0 rings (SSSR count). The number of allylic oxidation sites excluding steroid dienone is 12. The Morgan fingerprint density at radius 2 is 0.562 bits per heavy atom. The first-order valence-corrected chi connectivity index (χ1v) is 43.2. The van der Waals surface area contributed by atoms with E-state index < -0.39 is 26.5 Å². The first-order chi connectivity index (χ1) is 47.0. The summed E-state index contributed by atoms with van der Waals surface area (Å²) in [5.74, 6) is -0.776. The van der Waals surface area contributed by atoms with E-state index in [-0.39, 0.29) is 25.6 Å². The van der Waals surface area contributed by atoms with Crippen LogP contribution in [0.3, 0.4) is 0 Å². The van der Waals surface area contributed by atoms with Gasteiger partial charge in [-0.2, -0.15) is 0 Å². The van der Waals surface area contributed by atoms with Crippen molar-refractivity contribution in [3.8, 4) is 0 Å². The van der Waals surface area contributed by atoms with Gasteiger partial charge in [0.15, 0.2) is 6.10 Å². The van der Waals surface area contributed by atoms with E-state index in [0.717, 1.165) is 57.8 Å². The Morgan fingerprint density at radius 1 is 0.323 bits per heavy atom. The number of phosphoric acid groups is 1. The van der Waals surface area contributed by atoms with Gasteiger partial charge in [0, 0.05) is 12.8 Å². The number of carbonyl (C=O) groups is 2. The highest BCUT2D eigenvalue weighted by Crippen LogP contribution is 2.43. The Balaban J connectivity index is 3.91. The van der Waals surface area contributed by atoms with Crippen molar-refractivity contribution < 1.29 is 42.1 Å². The third-order valence-electron chi connectivity index (χ3n) is 18.7. The molecule has 0 saturated carbocycles. The van der Waals surface area contributed by atoms with Crippen molar-refractivity contribution in [2.24, 2.45) is 0 Å². The summed E-state index contributed by atoms with van der Waals surface area (Å²) in [7, 11) is 1.50. The van der Waals surface area contributed by atoms with E-state index in [4.69, 9.17) is 18.5 Å². The number of esters is 2. The van der Waals surface area contributed by atoms with Crippen molar-refractivity contribution in [1.82, 2.24) is 0 Å². The number of hydrogen-bond acceptors (Lipinski definition) is 7. The summed E-state index contributed by atoms with van der Waals surface area (Å²) in [6.45, 7) is 4.48. The van der Waals surface area contributed by atoms with Crippen LogP contribution in [-0.4, -0.2) is 74.9 Å². The third kappa shape index (κ3) is 80.4. The second-order valence-corrected chi connectivity index (χ2v) is 31.0. The summed E-state index contributed by atoms with van der Waals surface area (Å²) < 4.78 is 34.9. The molecule has 1 N–H and O–H groups in total. The molecular weight excluding hydrogens is 1210 g/mol. The third-order valence-corrected chi connectivity index (χ3v) is 19.7. The van der Waals surface area contributed by atoms with Crippen molar-refractivity contribution in [2.75, 3.05) is 47.5 Å². The number of ether oxygens (including phenoxy) is 2. The highest BCUT2D eigenvalue weighted by molar-refractivity contribution is 7.47. The lowest BCUT2D eigenvalue weighted by Gasteiger charge is -2.24. The molecule has 0 aromatic heterocycles. The lowest BCUT2D eigenvalue weighted by molar-refractivity contribution is -0.870. The van der Waals surface area contributed by atoms with Gasteiger partial charge in [-0.05, 0) is 89.9 Å². The molecule has 0 bridgehead atoms. The van der Waals surface area contributed by atoms with Gasteiger partial charge in [-0.15, -0.1) is 0 Å². The zero-order valence-electron chi connectivity index (χ0n) is 64.4. The fourth-order valence-electron chi connectivity index (χ4n) is 12.3. The molecule has 0 aromatic rings. The van der Waals surface area contributed by atoms with Gasteiger partial charge in [-0.3, -0.25) is 18.6 Å². The summed E-state index contributed by atoms with van der Waals surface area (Å²) in [6, 6.07) is 0. The van der Waals surface area contributed by atoms with Crippen LogP contribution >= 0.6 is 7.82 Å². The standard InChI is InChI=1S/C86H160NO8P/c1-6-8-10-12-14-16-18-20-22-24-26-28-30-32-34-36-38-40-41-42-43-44-45-47-49-51-53-55-57-59-61-63-65-67-69-71-73-75-77-79-86(89)95-84(83-94-96(90,91)93-81-80-87(3,4)5)82-92-85(88)78-76-74-72-70-68-66-64-62-60-58-56-54-52-50-48-46-39-37-35-33-31-29-27-25-23-21-19-17-15-13-11-9-7-2/h18-21,24-27,30-33,84H,6-17,22-23,28-29,34-83H2,1-5H3/p+1/b20-18-,21-19-,26-24-,27-25-,32-30-,33-31-. The molecule has 0 spiro atoms. The number of rotatable bonds is 78. The Labute approximate surface area is 597 Å². The van der Waals surface area contributed by atoms with Crippen molar-refractivity contribution in [3.05, 3.63) is 72.9 Å². The molecule has 2 atom stereocenters. The van der Waals surface area contributed by atoms with Crippen LogP contribution < -0.4 is 0 Å². The molecule has 562 valence electrons. The first kappa shape index (κ1) is 93.5. The molecule has 0 amide bonds. The number of carbonyl (C=O) groups excluding carboxylic acids is 2. The number of unbranched alkanes of at least 4 members (excludes halogenated alkanes) is 52. The minimum absolute atomic E-state index is 0.0332. The smallest absolute Gasteiger partial charge is 0.462 e. The molecule has 0 heterocycles. The van der Waals surface area contributed by atoms with Gasteiger partial charge in [0.2, 0.25) is 0 Å². The molecule has 0 aliphatic carbocycles. The van der Waals surface area contributed by atoms with E-state index in [0.29, 0.717) is 23.9 Å². The summed E-state index contributed by atoms with van der Waals surface area (Å²) in [5.41, 5.74) is 0. The van der Waals surface area contributed by atoms with E-state index >= 15 is 0 Å². The Bertz CT molecular complexity index is 1850. The molecule has 96 heavy (non-hydrogen) atoms. The zero-order valence-corrected chi connectivity index (χ0v) is 65.3. The van der Waals surface area contributed by atoms with Crippen LogP contribution in [0.2, 0.25) is 0 Å². The van der Waals surface area contributed by atoms with E-state index in [2.05, 4.69) is 86.8 Å². The van der Waals surface area contributed by atoms with E-state index in [1.165, 1.54) is 321 Å². The zero-order chi connectivity index (χ0) is 69.7. The molecule has 2 unspecified atom stereocenters. The lowest BCUT2D eigenvalue weighted by Crippen LogP contribution is -2.37. The number of quaternary nitrogens is 1. The molecule has 0 aliphatic rings. The van der Waals surface area contributed by atoms with E-state index in [1.807, 2.05) is 21.1 Å². The SMILES string of the molecule is CCCCCCC/C=C\C/C=C\C/C=C\CCCCCCCCCCCCCCCCCCCCCCCCCCC(=O)OC(COC(=O)CCCCCCCCCCCCCCCCCCCC/C=C\C/C=C\C/C=C\CCCCCCC)COP(=O)(O)OCC[N+](C)(C)C. The monoisotopic (exact) mass is 1370 g/mol. The van der Waals surface area contributed by atoms with Crippen molar-refractivity contribution >= 4 is 19.8 Å². The van der Waals surface area contributed by atoms with Gasteiger partial charge in [-0.25, -0.2) is 4.57 Å². The molecule has 0 aromatic carbocycles. The molecule has 9 nitrogen and oxygen atoms in total. The number of likely N-dealkylation sites (N-methyl/N-ethyl adjacent to an activating group) is 1. The van der Waals surface area contributed by atoms with Gasteiger partial charge in [0.1, 0.15) is 19.8 Å². The molecule has 0 radical (unpaired) electrons. The van der Waals surface area contributed by atoms with Crippen molar-refractivity contribution in [1.29, 1.82) is 0 Å². The second kappa shape index (κ2) is 76.6. The highest BCUT2D eigenvalue weighted by atomic mass is 31.2. The van der Waals surface area contributed by atoms with Gasteiger partial charge >= 0.3 is 19.8 Å². The maximum atomic E-state index is 12.9. The number of nitrogens with zero attached hydrogens (tertiary/aromatic N) is 1. The normalized spacial score (nSPS) is 13.4. The highest BCUT2D eigenvalue weighted by Gasteiger charge is 2.27. The predicted octanol–water partition coefficient (Wildman–Crippen LogP) is 27.8. The van der Waals surface area contributed by atoms with Crippen molar-refractivity contribution in [2.45, 2.75) is 418 Å². The lowest BCUT2D eigenvalue weighted by atomic mass is 10.0. The van der Waals surface area contributed by atoms with Crippen LogP contribution in [0.5, 0.6) is 0 Å². The quantitative estimate of drug-likeness (QED) is 0.0211. The van der Waals surface area contributed by atoms with Gasteiger partial charge in [0.25, 0.3) is 0 Å². The summed E-state index contributed by atoms with van der Waals surface area (Å²) in [6.07, 6.45) is 105. The Morgan fingerprint density at radius 3 is 0.833 bits per heavy atom. The molecule has 10 heteroatoms. The van der Waals surface area contributed by atoms with Crippen LogP contribution in [0.15, 0.2) is 72.9 Å². The average Bonchev–Trinajstić information content (AvgIpc) is 1.98. The van der Waals surface area contributed by atoms with Crippen LogP contribution in [0.4, 0.5) is 0 Å². The molecular formula is C86H161NO8P+. The largest absolute Gasteiger partial charge is 0.472 e. The molecule has 0 aliphatic heterocycles. The van der Waals surface area contributed by atoms with Crippen LogP contribution in [0, 0.1) is 0 Å². The van der Waals surface area contributed by atoms with Gasteiger partial charge in [-0.1, -0.05) is 382 Å². The van der Waals surface area contributed by atoms with E-state index in [9.17, 15) is 19.0 Å².